The van der Waals surface area contributed by atoms with Crippen LogP contribution in [0, 0.1) is 0 Å². The van der Waals surface area contributed by atoms with E-state index in [9.17, 15) is 0 Å². The molecule has 0 aliphatic carbocycles. The third kappa shape index (κ3) is 2.92. The lowest BCUT2D eigenvalue weighted by molar-refractivity contribution is 0.00578. The highest BCUT2D eigenvalue weighted by Crippen LogP contribution is 2.44. The quantitative estimate of drug-likeness (QED) is 0.243. The molecule has 5 heteroatoms. The second kappa shape index (κ2) is 7.20. The first-order valence-corrected chi connectivity index (χ1v) is 13.0. The van der Waals surface area contributed by atoms with E-state index in [0.29, 0.717) is 0 Å². The van der Waals surface area contributed by atoms with Crippen molar-refractivity contribution in [2.75, 3.05) is 0 Å². The molecular formula is C30H26BNO2S. The Bertz CT molecular complexity index is 1750. The standard InChI is InChI=1S/C30H26BNO2S/c1-29(2)30(3,4)34-31(33-29)23-18-22-20-14-8-10-16-24(20)32(19-12-6-5-7-13-19)27(22)28-26(23)21-15-9-11-17-25(21)35-28/h5-18H,1-4H3. The number of rotatable bonds is 2. The second-order valence-corrected chi connectivity index (χ2v) is 11.5. The third-order valence-corrected chi connectivity index (χ3v) is 9.01. The normalized spacial score (nSPS) is 17.3. The predicted octanol–water partition coefficient (Wildman–Crippen LogP) is 7.45. The lowest BCUT2D eigenvalue weighted by Gasteiger charge is -2.32. The highest BCUT2D eigenvalue weighted by molar-refractivity contribution is 7.27. The summed E-state index contributed by atoms with van der Waals surface area (Å²) in [7, 11) is -0.427. The summed E-state index contributed by atoms with van der Waals surface area (Å²) in [6, 6.07) is 30.4. The fourth-order valence-corrected chi connectivity index (χ4v) is 6.64. The van der Waals surface area contributed by atoms with Gasteiger partial charge in [-0.3, -0.25) is 0 Å². The molecule has 35 heavy (non-hydrogen) atoms. The average Bonchev–Trinajstić information content (AvgIpc) is 3.46. The molecule has 0 unspecified atom stereocenters. The zero-order valence-corrected chi connectivity index (χ0v) is 21.1. The van der Waals surface area contributed by atoms with Crippen LogP contribution in [0.5, 0.6) is 0 Å². The van der Waals surface area contributed by atoms with Crippen LogP contribution in [-0.4, -0.2) is 22.9 Å². The number of fused-ring (bicyclic) bond motifs is 7. The number of hydrogen-bond acceptors (Lipinski definition) is 3. The van der Waals surface area contributed by atoms with Crippen LogP contribution in [0.2, 0.25) is 0 Å². The predicted molar refractivity (Wildman–Crippen MR) is 149 cm³/mol. The van der Waals surface area contributed by atoms with Crippen LogP contribution < -0.4 is 5.46 Å². The maximum absolute atomic E-state index is 6.60. The molecule has 6 aromatic rings. The molecule has 0 radical (unpaired) electrons. The lowest BCUT2D eigenvalue weighted by atomic mass is 9.75. The SMILES string of the molecule is CC1(C)OB(c2cc3c4ccccc4n(-c4ccccc4)c3c3sc4ccccc4c23)OC1(C)C. The van der Waals surface area contributed by atoms with Crippen molar-refractivity contribution in [2.24, 2.45) is 0 Å². The Kier molecular flexibility index (Phi) is 4.36. The van der Waals surface area contributed by atoms with Crippen LogP contribution in [0.3, 0.4) is 0 Å². The van der Waals surface area contributed by atoms with Crippen molar-refractivity contribution in [1.29, 1.82) is 0 Å². The number of aromatic nitrogens is 1. The van der Waals surface area contributed by atoms with Gasteiger partial charge in [-0.05, 0) is 57.4 Å². The van der Waals surface area contributed by atoms with E-state index in [2.05, 4.69) is 117 Å². The van der Waals surface area contributed by atoms with Gasteiger partial charge in [0.15, 0.2) is 0 Å². The zero-order valence-electron chi connectivity index (χ0n) is 20.3. The molecule has 0 saturated carbocycles. The summed E-state index contributed by atoms with van der Waals surface area (Å²) < 4.78 is 18.2. The summed E-state index contributed by atoms with van der Waals surface area (Å²) >= 11 is 1.86. The second-order valence-electron chi connectivity index (χ2n) is 10.4. The fourth-order valence-electron chi connectivity index (χ4n) is 5.36. The minimum atomic E-state index is -0.427. The van der Waals surface area contributed by atoms with E-state index in [0.717, 1.165) is 5.46 Å². The van der Waals surface area contributed by atoms with Crippen LogP contribution in [-0.2, 0) is 9.31 Å². The average molecular weight is 475 g/mol. The fraction of sp³-hybridized carbons (Fsp3) is 0.200. The molecule has 0 amide bonds. The van der Waals surface area contributed by atoms with Gasteiger partial charge in [-0.2, -0.15) is 0 Å². The van der Waals surface area contributed by atoms with Gasteiger partial charge in [-0.1, -0.05) is 60.7 Å². The van der Waals surface area contributed by atoms with E-state index in [4.69, 9.17) is 9.31 Å². The molecule has 0 atom stereocenters. The molecule has 172 valence electrons. The first kappa shape index (κ1) is 21.2. The summed E-state index contributed by atoms with van der Waals surface area (Å²) in [5.41, 5.74) is 3.93. The van der Waals surface area contributed by atoms with E-state index in [1.807, 2.05) is 11.3 Å². The van der Waals surface area contributed by atoms with Crippen molar-refractivity contribution >= 4 is 65.9 Å². The van der Waals surface area contributed by atoms with Crippen molar-refractivity contribution in [3.8, 4) is 5.69 Å². The molecule has 0 spiro atoms. The Morgan fingerprint density at radius 3 is 2.09 bits per heavy atom. The summed E-state index contributed by atoms with van der Waals surface area (Å²) in [5.74, 6) is 0. The molecule has 1 fully saturated rings. The number of hydrogen-bond donors (Lipinski definition) is 0. The lowest BCUT2D eigenvalue weighted by Crippen LogP contribution is -2.41. The smallest absolute Gasteiger partial charge is 0.399 e. The Morgan fingerprint density at radius 2 is 1.34 bits per heavy atom. The van der Waals surface area contributed by atoms with Crippen molar-refractivity contribution < 1.29 is 9.31 Å². The summed E-state index contributed by atoms with van der Waals surface area (Å²) in [5, 5.41) is 4.96. The van der Waals surface area contributed by atoms with E-state index in [-0.39, 0.29) is 0 Å². The summed E-state index contributed by atoms with van der Waals surface area (Å²) in [4.78, 5) is 0. The van der Waals surface area contributed by atoms with Gasteiger partial charge >= 0.3 is 7.12 Å². The van der Waals surface area contributed by atoms with Gasteiger partial charge in [0.05, 0.1) is 26.9 Å². The zero-order chi connectivity index (χ0) is 23.9. The van der Waals surface area contributed by atoms with Gasteiger partial charge < -0.3 is 13.9 Å². The van der Waals surface area contributed by atoms with Crippen molar-refractivity contribution in [1.82, 2.24) is 4.57 Å². The topological polar surface area (TPSA) is 23.4 Å². The summed E-state index contributed by atoms with van der Waals surface area (Å²) in [6.45, 7) is 8.48. The minimum absolute atomic E-state index is 0.400. The van der Waals surface area contributed by atoms with E-state index >= 15 is 0 Å². The van der Waals surface area contributed by atoms with Crippen molar-refractivity contribution in [2.45, 2.75) is 38.9 Å². The molecule has 1 aliphatic rings. The van der Waals surface area contributed by atoms with Crippen LogP contribution in [0.1, 0.15) is 27.7 Å². The van der Waals surface area contributed by atoms with Crippen LogP contribution >= 0.6 is 11.3 Å². The number of nitrogens with zero attached hydrogens (tertiary/aromatic N) is 1. The maximum atomic E-state index is 6.60. The first-order valence-electron chi connectivity index (χ1n) is 12.1. The van der Waals surface area contributed by atoms with Crippen LogP contribution in [0.15, 0.2) is 84.9 Å². The molecule has 2 aromatic heterocycles. The van der Waals surface area contributed by atoms with Crippen LogP contribution in [0.4, 0.5) is 0 Å². The Morgan fingerprint density at radius 1 is 0.714 bits per heavy atom. The monoisotopic (exact) mass is 475 g/mol. The molecule has 1 aliphatic heterocycles. The highest BCUT2D eigenvalue weighted by atomic mass is 32.1. The molecule has 7 rings (SSSR count). The van der Waals surface area contributed by atoms with Gasteiger partial charge in [0, 0.05) is 31.9 Å². The van der Waals surface area contributed by atoms with E-state index < -0.39 is 18.3 Å². The molecule has 3 heterocycles. The molecule has 1 saturated heterocycles. The summed E-state index contributed by atoms with van der Waals surface area (Å²) in [6.07, 6.45) is 0. The van der Waals surface area contributed by atoms with E-state index in [1.54, 1.807) is 0 Å². The van der Waals surface area contributed by atoms with E-state index in [1.165, 1.54) is 47.7 Å². The Labute approximate surface area is 209 Å². The van der Waals surface area contributed by atoms with Crippen molar-refractivity contribution in [3.05, 3.63) is 84.9 Å². The third-order valence-electron chi connectivity index (χ3n) is 7.83. The van der Waals surface area contributed by atoms with Gasteiger partial charge in [0.25, 0.3) is 0 Å². The Hall–Kier alpha value is -3.12. The molecule has 4 aromatic carbocycles. The Balaban J connectivity index is 1.67. The maximum Gasteiger partial charge on any atom is 0.495 e. The number of para-hydroxylation sites is 2. The van der Waals surface area contributed by atoms with Crippen molar-refractivity contribution in [3.63, 3.8) is 0 Å². The first-order chi connectivity index (χ1) is 16.9. The molecule has 0 N–H and O–H groups in total. The largest absolute Gasteiger partial charge is 0.495 e. The number of benzene rings is 4. The highest BCUT2D eigenvalue weighted by Gasteiger charge is 2.52. The molecular weight excluding hydrogens is 449 g/mol. The molecule has 3 nitrogen and oxygen atoms in total. The van der Waals surface area contributed by atoms with Gasteiger partial charge in [-0.25, -0.2) is 0 Å². The minimum Gasteiger partial charge on any atom is -0.399 e. The van der Waals surface area contributed by atoms with Gasteiger partial charge in [-0.15, -0.1) is 11.3 Å². The number of thiophene rings is 1. The molecule has 0 bridgehead atoms. The van der Waals surface area contributed by atoms with Crippen LogP contribution in [0.25, 0.3) is 47.7 Å². The van der Waals surface area contributed by atoms with Gasteiger partial charge in [0.1, 0.15) is 0 Å². The van der Waals surface area contributed by atoms with Gasteiger partial charge in [0.2, 0.25) is 0 Å².